The van der Waals surface area contributed by atoms with Crippen LogP contribution >= 0.6 is 0 Å². The number of benzene rings is 2. The number of nitrogens with one attached hydrogen (secondary N) is 1. The highest BCUT2D eigenvalue weighted by atomic mass is 16.3. The Bertz CT molecular complexity index is 783. The van der Waals surface area contributed by atoms with Gasteiger partial charge in [-0.3, -0.25) is 4.79 Å². The van der Waals surface area contributed by atoms with Gasteiger partial charge in [0.05, 0.1) is 5.69 Å². The summed E-state index contributed by atoms with van der Waals surface area (Å²) in [4.78, 5) is 14.6. The summed E-state index contributed by atoms with van der Waals surface area (Å²) in [5.41, 5.74) is 1.81. The van der Waals surface area contributed by atoms with Crippen LogP contribution in [-0.2, 0) is 5.60 Å². The van der Waals surface area contributed by atoms with E-state index in [1.807, 2.05) is 48.5 Å². The van der Waals surface area contributed by atoms with Crippen LogP contribution in [0.3, 0.4) is 0 Å². The summed E-state index contributed by atoms with van der Waals surface area (Å²) >= 11 is 0. The van der Waals surface area contributed by atoms with Gasteiger partial charge >= 0.3 is 0 Å². The van der Waals surface area contributed by atoms with Crippen molar-refractivity contribution in [3.8, 4) is 0 Å². The number of piperidine rings is 1. The Labute approximate surface area is 142 Å². The first-order valence-corrected chi connectivity index (χ1v) is 8.54. The van der Waals surface area contributed by atoms with E-state index in [0.29, 0.717) is 5.56 Å². The Kier molecular flexibility index (Phi) is 3.66. The second kappa shape index (κ2) is 5.72. The van der Waals surface area contributed by atoms with Gasteiger partial charge in [0.1, 0.15) is 5.60 Å². The molecule has 1 atom stereocenters. The molecule has 24 heavy (non-hydrogen) atoms. The number of nitrogens with zero attached hydrogens (tertiary/aromatic N) is 1. The van der Waals surface area contributed by atoms with Crippen molar-refractivity contribution in [2.75, 3.05) is 25.0 Å². The molecule has 2 aromatic carbocycles. The van der Waals surface area contributed by atoms with Crippen molar-refractivity contribution in [2.24, 2.45) is 5.92 Å². The second-order valence-electron chi connectivity index (χ2n) is 6.72. The van der Waals surface area contributed by atoms with E-state index in [2.05, 4.69) is 5.32 Å². The fraction of sp³-hybridized carbons (Fsp3) is 0.350. The molecule has 0 saturated carbocycles. The zero-order valence-electron chi connectivity index (χ0n) is 13.8. The number of hydrogen-bond donors (Lipinski definition) is 2. The maximum atomic E-state index is 13.0. The smallest absolute Gasteiger partial charge is 0.258 e. The van der Waals surface area contributed by atoms with Gasteiger partial charge in [-0.1, -0.05) is 36.4 Å². The predicted octanol–water partition coefficient (Wildman–Crippen LogP) is 2.51. The minimum Gasteiger partial charge on any atom is -0.380 e. The molecule has 1 saturated heterocycles. The van der Waals surface area contributed by atoms with E-state index in [-0.39, 0.29) is 11.8 Å². The zero-order valence-corrected chi connectivity index (χ0v) is 13.8. The Morgan fingerprint density at radius 3 is 2.42 bits per heavy atom. The van der Waals surface area contributed by atoms with E-state index in [0.717, 1.165) is 42.7 Å². The van der Waals surface area contributed by atoms with E-state index < -0.39 is 5.60 Å². The number of aliphatic hydroxyl groups is 1. The number of para-hydroxylation sites is 1. The molecule has 0 aromatic heterocycles. The Morgan fingerprint density at radius 2 is 1.67 bits per heavy atom. The van der Waals surface area contributed by atoms with E-state index >= 15 is 0 Å². The first-order chi connectivity index (χ1) is 11.6. The Balaban J connectivity index is 2.02. The van der Waals surface area contributed by atoms with Crippen molar-refractivity contribution >= 4 is 11.6 Å². The molecule has 1 unspecified atom stereocenters. The van der Waals surface area contributed by atoms with Crippen LogP contribution in [0, 0.1) is 5.92 Å². The van der Waals surface area contributed by atoms with Crippen LogP contribution in [-0.4, -0.2) is 31.2 Å². The van der Waals surface area contributed by atoms with E-state index in [4.69, 9.17) is 0 Å². The van der Waals surface area contributed by atoms with Gasteiger partial charge < -0.3 is 15.3 Å². The lowest BCUT2D eigenvalue weighted by Crippen LogP contribution is -2.43. The molecular formula is C20H22N2O2. The molecule has 0 bridgehead atoms. The third-order valence-electron chi connectivity index (χ3n) is 5.48. The highest BCUT2D eigenvalue weighted by Crippen LogP contribution is 2.47. The van der Waals surface area contributed by atoms with Gasteiger partial charge in [0.15, 0.2) is 0 Å². The molecule has 2 aliphatic rings. The maximum Gasteiger partial charge on any atom is 0.258 e. The quantitative estimate of drug-likeness (QED) is 0.848. The fourth-order valence-corrected chi connectivity index (χ4v) is 4.21. The lowest BCUT2D eigenvalue weighted by atomic mass is 9.71. The molecule has 0 aliphatic carbocycles. The van der Waals surface area contributed by atoms with E-state index in [9.17, 15) is 9.90 Å². The van der Waals surface area contributed by atoms with E-state index in [1.54, 1.807) is 11.9 Å². The summed E-state index contributed by atoms with van der Waals surface area (Å²) < 4.78 is 0. The second-order valence-corrected chi connectivity index (χ2v) is 6.72. The van der Waals surface area contributed by atoms with Gasteiger partial charge in [-0.2, -0.15) is 0 Å². The van der Waals surface area contributed by atoms with Crippen LogP contribution in [0.25, 0.3) is 0 Å². The van der Waals surface area contributed by atoms with E-state index in [1.165, 1.54) is 0 Å². The molecule has 4 rings (SSSR count). The van der Waals surface area contributed by atoms with Crippen LogP contribution in [0.1, 0.15) is 34.3 Å². The van der Waals surface area contributed by atoms with Gasteiger partial charge in [0.25, 0.3) is 5.91 Å². The fourth-order valence-electron chi connectivity index (χ4n) is 4.21. The maximum absolute atomic E-state index is 13.0. The average molecular weight is 322 g/mol. The molecule has 2 aromatic rings. The molecule has 0 radical (unpaired) electrons. The third-order valence-corrected chi connectivity index (χ3v) is 5.48. The van der Waals surface area contributed by atoms with Gasteiger partial charge in [-0.15, -0.1) is 0 Å². The van der Waals surface area contributed by atoms with Crippen molar-refractivity contribution in [2.45, 2.75) is 18.4 Å². The number of rotatable bonds is 1. The van der Waals surface area contributed by atoms with Crippen LogP contribution in [0.4, 0.5) is 5.69 Å². The molecule has 1 amide bonds. The third kappa shape index (κ3) is 2.10. The van der Waals surface area contributed by atoms with Crippen molar-refractivity contribution < 1.29 is 9.90 Å². The van der Waals surface area contributed by atoms with Gasteiger partial charge in [0.2, 0.25) is 0 Å². The molecule has 0 spiro atoms. The number of fused-ring (bicyclic) bond motifs is 2. The number of carbonyl (C=O) groups is 1. The average Bonchev–Trinajstić information content (AvgIpc) is 2.73. The molecule has 4 nitrogen and oxygen atoms in total. The summed E-state index contributed by atoms with van der Waals surface area (Å²) in [6.45, 7) is 1.78. The molecule has 1 fully saturated rings. The largest absolute Gasteiger partial charge is 0.380 e. The molecule has 2 aliphatic heterocycles. The number of anilines is 1. The van der Waals surface area contributed by atoms with Crippen molar-refractivity contribution in [1.82, 2.24) is 5.32 Å². The number of hydrogen-bond acceptors (Lipinski definition) is 3. The summed E-state index contributed by atoms with van der Waals surface area (Å²) in [5.74, 6) is 0.0169. The monoisotopic (exact) mass is 322 g/mol. The van der Waals surface area contributed by atoms with Crippen LogP contribution in [0.2, 0.25) is 0 Å². The predicted molar refractivity (Wildman–Crippen MR) is 94.2 cm³/mol. The Morgan fingerprint density at radius 1 is 1.04 bits per heavy atom. The summed E-state index contributed by atoms with van der Waals surface area (Å²) in [5, 5.41) is 15.4. The van der Waals surface area contributed by atoms with Crippen molar-refractivity contribution in [3.05, 3.63) is 65.2 Å². The first kappa shape index (κ1) is 15.4. The van der Waals surface area contributed by atoms with Crippen LogP contribution < -0.4 is 10.2 Å². The molecule has 2 heterocycles. The number of amides is 1. The lowest BCUT2D eigenvalue weighted by Gasteiger charge is -2.40. The molecule has 124 valence electrons. The Hall–Kier alpha value is -2.17. The van der Waals surface area contributed by atoms with Crippen molar-refractivity contribution in [1.29, 1.82) is 0 Å². The first-order valence-electron chi connectivity index (χ1n) is 8.54. The highest BCUT2D eigenvalue weighted by molar-refractivity contribution is 6.08. The van der Waals surface area contributed by atoms with Gasteiger partial charge in [-0.25, -0.2) is 0 Å². The molecular weight excluding hydrogens is 300 g/mol. The minimum atomic E-state index is -1.14. The van der Waals surface area contributed by atoms with Crippen molar-refractivity contribution in [3.63, 3.8) is 0 Å². The van der Waals surface area contributed by atoms with Gasteiger partial charge in [-0.05, 0) is 44.0 Å². The molecule has 4 heteroatoms. The highest BCUT2D eigenvalue weighted by Gasteiger charge is 2.46. The zero-order chi connectivity index (χ0) is 16.7. The summed E-state index contributed by atoms with van der Waals surface area (Å²) in [6, 6.07) is 15.2. The number of carbonyl (C=O) groups excluding carboxylic acids is 1. The lowest BCUT2D eigenvalue weighted by molar-refractivity contribution is 0.00286. The standard InChI is InChI=1S/C20H22N2O2/c1-22-18-9-5-4-8-17(18)20(24,14-10-12-21-13-11-14)16-7-3-2-6-15(16)19(22)23/h2-9,14,21,24H,10-13H2,1H3. The van der Waals surface area contributed by atoms with Crippen LogP contribution in [0.15, 0.2) is 48.5 Å². The molecule has 2 N–H and O–H groups in total. The SMILES string of the molecule is CN1C(=O)c2ccccc2C(O)(C2CCNCC2)c2ccccc21. The van der Waals surface area contributed by atoms with Gasteiger partial charge in [0, 0.05) is 23.7 Å². The summed E-state index contributed by atoms with van der Waals surface area (Å²) in [7, 11) is 1.78. The summed E-state index contributed by atoms with van der Waals surface area (Å²) in [6.07, 6.45) is 1.77. The normalized spacial score (nSPS) is 24.2. The topological polar surface area (TPSA) is 52.6 Å². The minimum absolute atomic E-state index is 0.0668. The van der Waals surface area contributed by atoms with Crippen LogP contribution in [0.5, 0.6) is 0 Å².